The van der Waals surface area contributed by atoms with Crippen LogP contribution in [0.15, 0.2) is 33.9 Å². The molecule has 0 aliphatic rings. The van der Waals surface area contributed by atoms with Crippen LogP contribution < -0.4 is 5.32 Å². The van der Waals surface area contributed by atoms with Gasteiger partial charge in [-0.2, -0.15) is 0 Å². The van der Waals surface area contributed by atoms with Crippen LogP contribution in [-0.4, -0.2) is 18.2 Å². The first-order valence-electron chi connectivity index (χ1n) is 6.07. The summed E-state index contributed by atoms with van der Waals surface area (Å²) in [7, 11) is 0. The molecule has 0 radical (unpaired) electrons. The summed E-state index contributed by atoms with van der Waals surface area (Å²) in [6.45, 7) is 5.47. The lowest BCUT2D eigenvalue weighted by atomic mass is 10.1. The summed E-state index contributed by atoms with van der Waals surface area (Å²) in [5, 5.41) is 6.23. The Morgan fingerprint density at radius 1 is 1.55 bits per heavy atom. The first kappa shape index (κ1) is 16.3. The zero-order chi connectivity index (χ0) is 15.2. The molecule has 0 aliphatic carbocycles. The Morgan fingerprint density at radius 2 is 2.25 bits per heavy atom. The summed E-state index contributed by atoms with van der Waals surface area (Å²) < 4.78 is 6.08. The van der Waals surface area contributed by atoms with E-state index in [1.165, 1.54) is 0 Å². The van der Waals surface area contributed by atoms with Crippen molar-refractivity contribution in [3.05, 3.63) is 44.7 Å². The Bertz CT molecular complexity index is 521. The maximum Gasteiger partial charge on any atom is 0.408 e. The highest BCUT2D eigenvalue weighted by Crippen LogP contribution is 2.19. The number of nitrogens with one attached hydrogen (secondary N) is 1. The third kappa shape index (κ3) is 5.95. The Hall–Kier alpha value is -1.72. The summed E-state index contributed by atoms with van der Waals surface area (Å²) in [5.41, 5.74) is 8.69. The molecule has 0 aromatic heterocycles. The molecule has 0 unspecified atom stereocenters. The van der Waals surface area contributed by atoms with Gasteiger partial charge < -0.3 is 10.1 Å². The second kappa shape index (κ2) is 7.17. The molecule has 1 amide bonds. The molecular formula is C13H17BrN4O2. The van der Waals surface area contributed by atoms with Gasteiger partial charge in [0.25, 0.3) is 0 Å². The van der Waals surface area contributed by atoms with Crippen LogP contribution in [0.1, 0.15) is 32.4 Å². The number of azide groups is 1. The lowest BCUT2D eigenvalue weighted by molar-refractivity contribution is 0.0505. The van der Waals surface area contributed by atoms with E-state index >= 15 is 0 Å². The number of halogens is 1. The molecule has 0 aliphatic heterocycles. The van der Waals surface area contributed by atoms with Gasteiger partial charge in [-0.05, 0) is 44.0 Å². The monoisotopic (exact) mass is 340 g/mol. The predicted octanol–water partition coefficient (Wildman–Crippen LogP) is 4.33. The van der Waals surface area contributed by atoms with Gasteiger partial charge in [0.1, 0.15) is 5.60 Å². The molecule has 1 N–H and O–H groups in total. The summed E-state index contributed by atoms with van der Waals surface area (Å²) in [6, 6.07) is 6.99. The van der Waals surface area contributed by atoms with Gasteiger partial charge in [-0.15, -0.1) is 0 Å². The number of carbonyl (C=O) groups excluding carboxylic acids is 1. The highest BCUT2D eigenvalue weighted by Gasteiger charge is 2.20. The number of hydrogen-bond donors (Lipinski definition) is 1. The molecule has 1 rings (SSSR count). The number of rotatable bonds is 4. The molecule has 0 saturated heterocycles. The van der Waals surface area contributed by atoms with Gasteiger partial charge >= 0.3 is 6.09 Å². The second-order valence-electron chi connectivity index (χ2n) is 5.17. The zero-order valence-electron chi connectivity index (χ0n) is 11.6. The van der Waals surface area contributed by atoms with E-state index in [9.17, 15) is 4.79 Å². The number of alkyl carbamates (subject to hydrolysis) is 1. The fraction of sp³-hybridized carbons (Fsp3) is 0.462. The van der Waals surface area contributed by atoms with Crippen molar-refractivity contribution in [1.82, 2.24) is 5.32 Å². The Morgan fingerprint density at radius 3 is 2.80 bits per heavy atom. The van der Waals surface area contributed by atoms with Gasteiger partial charge in [-0.1, -0.05) is 33.2 Å². The van der Waals surface area contributed by atoms with Crippen molar-refractivity contribution in [3.63, 3.8) is 0 Å². The molecule has 6 nitrogen and oxygen atoms in total. The van der Waals surface area contributed by atoms with Crippen molar-refractivity contribution >= 4 is 22.0 Å². The van der Waals surface area contributed by atoms with E-state index in [2.05, 4.69) is 31.3 Å². The number of carbonyl (C=O) groups is 1. The van der Waals surface area contributed by atoms with Gasteiger partial charge in [-0.25, -0.2) is 4.79 Å². The smallest absolute Gasteiger partial charge is 0.408 e. The summed E-state index contributed by atoms with van der Waals surface area (Å²) in [4.78, 5) is 14.5. The standard InChI is InChI=1S/C13H17BrN4O2/c1-13(2,3)20-12(19)17-11(8-16-18-15)9-5-4-6-10(14)7-9/h4-7,11H,8H2,1-3H3,(H,17,19)/t11-/m1/s1. The second-order valence-corrected chi connectivity index (χ2v) is 6.08. The number of hydrogen-bond acceptors (Lipinski definition) is 3. The van der Waals surface area contributed by atoms with Crippen molar-refractivity contribution in [3.8, 4) is 0 Å². The quantitative estimate of drug-likeness (QED) is 0.502. The molecule has 0 spiro atoms. The minimum absolute atomic E-state index is 0.117. The SMILES string of the molecule is CC(C)(C)OC(=O)N[C@H](CN=[N+]=[N-])c1cccc(Br)c1. The normalized spacial score (nSPS) is 12.2. The average molecular weight is 341 g/mol. The number of amides is 1. The van der Waals surface area contributed by atoms with Crippen LogP contribution in [0.3, 0.4) is 0 Å². The van der Waals surface area contributed by atoms with E-state index in [0.717, 1.165) is 10.0 Å². The Labute approximate surface area is 126 Å². The highest BCUT2D eigenvalue weighted by atomic mass is 79.9. The number of benzene rings is 1. The van der Waals surface area contributed by atoms with Crippen LogP contribution in [0, 0.1) is 0 Å². The van der Waals surface area contributed by atoms with Crippen LogP contribution in [0.25, 0.3) is 10.4 Å². The van der Waals surface area contributed by atoms with Crippen LogP contribution in [0.5, 0.6) is 0 Å². The molecule has 1 aromatic carbocycles. The first-order chi connectivity index (χ1) is 9.31. The molecule has 1 aromatic rings. The van der Waals surface area contributed by atoms with Crippen molar-refractivity contribution < 1.29 is 9.53 Å². The van der Waals surface area contributed by atoms with Crippen LogP contribution in [0.2, 0.25) is 0 Å². The van der Waals surface area contributed by atoms with E-state index < -0.39 is 17.7 Å². The molecule has 1 atom stereocenters. The van der Waals surface area contributed by atoms with Gasteiger partial charge in [0.05, 0.1) is 12.6 Å². The third-order valence-electron chi connectivity index (χ3n) is 2.27. The molecular weight excluding hydrogens is 324 g/mol. The molecule has 0 bridgehead atoms. The van der Waals surface area contributed by atoms with Crippen LogP contribution >= 0.6 is 15.9 Å². The molecule has 0 saturated carbocycles. The summed E-state index contributed by atoms with van der Waals surface area (Å²) >= 11 is 3.37. The predicted molar refractivity (Wildman–Crippen MR) is 80.3 cm³/mol. The van der Waals surface area contributed by atoms with E-state index in [-0.39, 0.29) is 6.54 Å². The van der Waals surface area contributed by atoms with Crippen LogP contribution in [0.4, 0.5) is 4.79 Å². The third-order valence-corrected chi connectivity index (χ3v) is 2.76. The number of nitrogens with zero attached hydrogens (tertiary/aromatic N) is 3. The van der Waals surface area contributed by atoms with Gasteiger partial charge in [0.15, 0.2) is 0 Å². The van der Waals surface area contributed by atoms with Crippen LogP contribution in [-0.2, 0) is 4.74 Å². The van der Waals surface area contributed by atoms with Crippen molar-refractivity contribution in [2.24, 2.45) is 5.11 Å². The number of ether oxygens (including phenoxy) is 1. The average Bonchev–Trinajstić information content (AvgIpc) is 2.32. The minimum Gasteiger partial charge on any atom is -0.444 e. The van der Waals surface area contributed by atoms with Gasteiger partial charge in [0.2, 0.25) is 0 Å². The maximum absolute atomic E-state index is 11.8. The summed E-state index contributed by atoms with van der Waals surface area (Å²) in [6.07, 6.45) is -0.546. The van der Waals surface area contributed by atoms with E-state index in [0.29, 0.717) is 0 Å². The van der Waals surface area contributed by atoms with Crippen molar-refractivity contribution in [2.75, 3.05) is 6.54 Å². The molecule has 20 heavy (non-hydrogen) atoms. The van der Waals surface area contributed by atoms with E-state index in [1.807, 2.05) is 24.3 Å². The van der Waals surface area contributed by atoms with Crippen molar-refractivity contribution in [1.29, 1.82) is 0 Å². The largest absolute Gasteiger partial charge is 0.444 e. The molecule has 7 heteroatoms. The lowest BCUT2D eigenvalue weighted by Gasteiger charge is -2.23. The van der Waals surface area contributed by atoms with E-state index in [4.69, 9.17) is 10.3 Å². The minimum atomic E-state index is -0.579. The van der Waals surface area contributed by atoms with Gasteiger partial charge in [-0.3, -0.25) is 0 Å². The molecule has 0 fully saturated rings. The van der Waals surface area contributed by atoms with Crippen molar-refractivity contribution in [2.45, 2.75) is 32.4 Å². The lowest BCUT2D eigenvalue weighted by Crippen LogP contribution is -2.36. The summed E-state index contributed by atoms with van der Waals surface area (Å²) in [5.74, 6) is 0. The fourth-order valence-corrected chi connectivity index (χ4v) is 1.94. The fourth-order valence-electron chi connectivity index (χ4n) is 1.53. The Kier molecular flexibility index (Phi) is 5.85. The zero-order valence-corrected chi connectivity index (χ0v) is 13.2. The maximum atomic E-state index is 11.8. The molecule has 0 heterocycles. The first-order valence-corrected chi connectivity index (χ1v) is 6.87. The van der Waals surface area contributed by atoms with Gasteiger partial charge in [0, 0.05) is 9.38 Å². The molecule has 108 valence electrons. The highest BCUT2D eigenvalue weighted by molar-refractivity contribution is 9.10. The topological polar surface area (TPSA) is 87.1 Å². The van der Waals surface area contributed by atoms with E-state index in [1.54, 1.807) is 20.8 Å². The Balaban J connectivity index is 2.85.